The molecule has 2 aromatic heterocycles. The molecule has 122 valence electrons. The van der Waals surface area contributed by atoms with Crippen molar-refractivity contribution in [2.75, 3.05) is 12.4 Å². The lowest BCUT2D eigenvalue weighted by Crippen LogP contribution is -2.15. The summed E-state index contributed by atoms with van der Waals surface area (Å²) in [6, 6.07) is 6.91. The summed E-state index contributed by atoms with van der Waals surface area (Å²) in [4.78, 5) is 24.9. The maximum Gasteiger partial charge on any atom is 0.230 e. The monoisotopic (exact) mass is 360 g/mol. The van der Waals surface area contributed by atoms with Gasteiger partial charge in [0.2, 0.25) is 5.91 Å². The Morgan fingerprint density at radius 2 is 2.08 bits per heavy atom. The van der Waals surface area contributed by atoms with Gasteiger partial charge < -0.3 is 10.1 Å². The first kappa shape index (κ1) is 16.4. The predicted octanol–water partition coefficient (Wildman–Crippen LogP) is 3.44. The van der Waals surface area contributed by atoms with Crippen LogP contribution in [0.1, 0.15) is 5.69 Å². The van der Waals surface area contributed by atoms with Gasteiger partial charge in [0.1, 0.15) is 0 Å². The molecule has 0 bridgehead atoms. The Balaban J connectivity index is 1.70. The minimum Gasteiger partial charge on any atom is -0.493 e. The maximum atomic E-state index is 12.2. The summed E-state index contributed by atoms with van der Waals surface area (Å²) >= 11 is 7.44. The summed E-state index contributed by atoms with van der Waals surface area (Å²) < 4.78 is 5.21. The molecule has 0 saturated carbocycles. The Morgan fingerprint density at radius 1 is 1.29 bits per heavy atom. The average molecular weight is 361 g/mol. The van der Waals surface area contributed by atoms with E-state index in [0.29, 0.717) is 33.0 Å². The summed E-state index contributed by atoms with van der Waals surface area (Å²) in [5, 5.41) is 5.72. The third kappa shape index (κ3) is 3.69. The number of thiazole rings is 1. The van der Waals surface area contributed by atoms with Crippen molar-refractivity contribution >= 4 is 34.5 Å². The van der Waals surface area contributed by atoms with Crippen molar-refractivity contribution < 1.29 is 9.53 Å². The van der Waals surface area contributed by atoms with Crippen LogP contribution in [0.5, 0.6) is 5.75 Å². The molecule has 3 aromatic rings. The van der Waals surface area contributed by atoms with Gasteiger partial charge in [0.25, 0.3) is 0 Å². The number of carbonyl (C=O) groups is 1. The molecule has 3 rings (SSSR count). The number of methoxy groups -OCH3 is 1. The number of carbonyl (C=O) groups excluding carboxylic acids is 1. The first-order valence-corrected chi connectivity index (χ1v) is 8.27. The highest BCUT2D eigenvalue weighted by Crippen LogP contribution is 2.32. The number of rotatable bonds is 5. The van der Waals surface area contributed by atoms with Gasteiger partial charge in [-0.1, -0.05) is 17.7 Å². The third-order valence-electron chi connectivity index (χ3n) is 3.10. The number of aromatic nitrogens is 3. The van der Waals surface area contributed by atoms with Crippen molar-refractivity contribution in [2.24, 2.45) is 0 Å². The topological polar surface area (TPSA) is 77.0 Å². The van der Waals surface area contributed by atoms with Crippen LogP contribution in [-0.2, 0) is 11.2 Å². The summed E-state index contributed by atoms with van der Waals surface area (Å²) in [7, 11) is 1.50. The Hall–Kier alpha value is -2.51. The number of nitrogens with one attached hydrogen (secondary N) is 1. The Kier molecular flexibility index (Phi) is 5.02. The van der Waals surface area contributed by atoms with Crippen LogP contribution < -0.4 is 10.1 Å². The molecule has 0 atom stereocenters. The van der Waals surface area contributed by atoms with E-state index < -0.39 is 0 Å². The number of amides is 1. The second kappa shape index (κ2) is 7.37. The fourth-order valence-corrected chi connectivity index (χ4v) is 3.09. The van der Waals surface area contributed by atoms with Gasteiger partial charge >= 0.3 is 0 Å². The SMILES string of the molecule is COc1c(Cl)cccc1NC(=O)Cc1csc(-c2ncccn2)n1. The summed E-state index contributed by atoms with van der Waals surface area (Å²) in [6.07, 6.45) is 3.45. The van der Waals surface area contributed by atoms with E-state index in [2.05, 4.69) is 20.3 Å². The summed E-state index contributed by atoms with van der Waals surface area (Å²) in [6.45, 7) is 0. The van der Waals surface area contributed by atoms with E-state index in [1.54, 1.807) is 36.7 Å². The molecule has 0 aliphatic rings. The number of anilines is 1. The van der Waals surface area contributed by atoms with E-state index in [1.165, 1.54) is 18.4 Å². The lowest BCUT2D eigenvalue weighted by Gasteiger charge is -2.10. The molecule has 0 aliphatic carbocycles. The zero-order valence-corrected chi connectivity index (χ0v) is 14.3. The van der Waals surface area contributed by atoms with E-state index in [4.69, 9.17) is 16.3 Å². The first-order chi connectivity index (χ1) is 11.7. The molecule has 0 radical (unpaired) electrons. The number of ether oxygens (including phenoxy) is 1. The van der Waals surface area contributed by atoms with E-state index in [0.717, 1.165) is 0 Å². The fraction of sp³-hybridized carbons (Fsp3) is 0.125. The smallest absolute Gasteiger partial charge is 0.230 e. The number of halogens is 1. The molecule has 6 nitrogen and oxygen atoms in total. The molecule has 0 aliphatic heterocycles. The van der Waals surface area contributed by atoms with E-state index in [9.17, 15) is 4.79 Å². The van der Waals surface area contributed by atoms with Gasteiger partial charge in [0, 0.05) is 17.8 Å². The van der Waals surface area contributed by atoms with Gasteiger partial charge in [-0.25, -0.2) is 15.0 Å². The predicted molar refractivity (Wildman–Crippen MR) is 93.5 cm³/mol. The molecule has 1 aromatic carbocycles. The molecule has 1 amide bonds. The van der Waals surface area contributed by atoms with Gasteiger partial charge in [-0.05, 0) is 18.2 Å². The highest BCUT2D eigenvalue weighted by atomic mass is 35.5. The lowest BCUT2D eigenvalue weighted by atomic mass is 10.2. The van der Waals surface area contributed by atoms with E-state index >= 15 is 0 Å². The Morgan fingerprint density at radius 3 is 2.83 bits per heavy atom. The van der Waals surface area contributed by atoms with E-state index in [-0.39, 0.29) is 12.3 Å². The number of hydrogen-bond donors (Lipinski definition) is 1. The largest absolute Gasteiger partial charge is 0.493 e. The van der Waals surface area contributed by atoms with Crippen molar-refractivity contribution in [1.82, 2.24) is 15.0 Å². The van der Waals surface area contributed by atoms with Crippen molar-refractivity contribution in [2.45, 2.75) is 6.42 Å². The van der Waals surface area contributed by atoms with Crippen molar-refractivity contribution in [1.29, 1.82) is 0 Å². The molecule has 24 heavy (non-hydrogen) atoms. The average Bonchev–Trinajstić information content (AvgIpc) is 3.04. The van der Waals surface area contributed by atoms with Crippen molar-refractivity contribution in [3.05, 3.63) is 52.8 Å². The van der Waals surface area contributed by atoms with Crippen molar-refractivity contribution in [3.8, 4) is 16.6 Å². The standard InChI is InChI=1S/C16H13ClN4O2S/c1-23-14-11(17)4-2-5-12(14)21-13(22)8-10-9-24-16(20-10)15-18-6-3-7-19-15/h2-7,9H,8H2,1H3,(H,21,22). The van der Waals surface area contributed by atoms with E-state index in [1.807, 2.05) is 5.38 Å². The number of para-hydroxylation sites is 1. The lowest BCUT2D eigenvalue weighted by molar-refractivity contribution is -0.115. The van der Waals surface area contributed by atoms with Crippen LogP contribution in [-0.4, -0.2) is 28.0 Å². The molecule has 8 heteroatoms. The molecular weight excluding hydrogens is 348 g/mol. The van der Waals surface area contributed by atoms with Crippen LogP contribution in [0.25, 0.3) is 10.8 Å². The van der Waals surface area contributed by atoms with Gasteiger partial charge in [-0.15, -0.1) is 11.3 Å². The molecule has 1 N–H and O–H groups in total. The molecule has 0 unspecified atom stereocenters. The number of nitrogens with zero attached hydrogens (tertiary/aromatic N) is 3. The first-order valence-electron chi connectivity index (χ1n) is 7.01. The van der Waals surface area contributed by atoms with Crippen LogP contribution in [0.15, 0.2) is 42.0 Å². The molecule has 0 spiro atoms. The molecule has 0 saturated heterocycles. The van der Waals surface area contributed by atoms with Crippen LogP contribution in [0.3, 0.4) is 0 Å². The van der Waals surface area contributed by atoms with Gasteiger partial charge in [-0.2, -0.15) is 0 Å². The minimum atomic E-state index is -0.207. The van der Waals surface area contributed by atoms with Crippen LogP contribution in [0.2, 0.25) is 5.02 Å². The molecule has 2 heterocycles. The number of benzene rings is 1. The summed E-state index contributed by atoms with van der Waals surface area (Å²) in [5.74, 6) is 0.774. The Bertz CT molecular complexity index is 854. The quantitative estimate of drug-likeness (QED) is 0.754. The van der Waals surface area contributed by atoms with Crippen LogP contribution in [0, 0.1) is 0 Å². The molecule has 0 fully saturated rings. The van der Waals surface area contributed by atoms with Crippen LogP contribution >= 0.6 is 22.9 Å². The zero-order chi connectivity index (χ0) is 16.9. The minimum absolute atomic E-state index is 0.138. The zero-order valence-electron chi connectivity index (χ0n) is 12.7. The highest BCUT2D eigenvalue weighted by molar-refractivity contribution is 7.13. The third-order valence-corrected chi connectivity index (χ3v) is 4.28. The second-order valence-corrected chi connectivity index (χ2v) is 6.03. The van der Waals surface area contributed by atoms with Gasteiger partial charge in [0.15, 0.2) is 16.6 Å². The van der Waals surface area contributed by atoms with Crippen molar-refractivity contribution in [3.63, 3.8) is 0 Å². The second-order valence-electron chi connectivity index (χ2n) is 4.76. The molecular formula is C16H13ClN4O2S. The van der Waals surface area contributed by atoms with Gasteiger partial charge in [-0.3, -0.25) is 4.79 Å². The highest BCUT2D eigenvalue weighted by Gasteiger charge is 2.13. The normalized spacial score (nSPS) is 10.4. The number of hydrogen-bond acceptors (Lipinski definition) is 6. The van der Waals surface area contributed by atoms with Gasteiger partial charge in [0.05, 0.1) is 29.9 Å². The Labute approximate surface area is 147 Å². The van der Waals surface area contributed by atoms with Crippen LogP contribution in [0.4, 0.5) is 5.69 Å². The maximum absolute atomic E-state index is 12.2. The fourth-order valence-electron chi connectivity index (χ4n) is 2.07. The summed E-state index contributed by atoms with van der Waals surface area (Å²) in [5.41, 5.74) is 1.18.